The number of hydrogen-bond acceptors (Lipinski definition) is 4. The Balaban J connectivity index is 2.13. The fourth-order valence-electron chi connectivity index (χ4n) is 2.31. The number of piperidine rings is 1. The first kappa shape index (κ1) is 16.7. The van der Waals surface area contributed by atoms with Crippen LogP contribution in [0.25, 0.3) is 0 Å². The molecule has 122 valence electrons. The van der Waals surface area contributed by atoms with Gasteiger partial charge >= 0.3 is 6.09 Å². The summed E-state index contributed by atoms with van der Waals surface area (Å²) in [5.74, 6) is 0. The van der Waals surface area contributed by atoms with Crippen molar-refractivity contribution < 1.29 is 14.7 Å². The van der Waals surface area contributed by atoms with Gasteiger partial charge in [0.1, 0.15) is 5.60 Å². The molecule has 0 spiro atoms. The maximum absolute atomic E-state index is 12.1. The molecule has 1 fully saturated rings. The third-order valence-electron chi connectivity index (χ3n) is 3.25. The molecular formula is C15H22ClN3O3. The number of ether oxygens (including phenoxy) is 1. The van der Waals surface area contributed by atoms with E-state index in [1.54, 1.807) is 17.0 Å². The van der Waals surface area contributed by atoms with E-state index in [-0.39, 0.29) is 12.1 Å². The number of hydrogen-bond donors (Lipinski definition) is 1. The fourth-order valence-corrected chi connectivity index (χ4v) is 2.52. The van der Waals surface area contributed by atoms with Crippen LogP contribution in [0.1, 0.15) is 33.6 Å². The molecule has 0 saturated carbocycles. The molecule has 1 aromatic heterocycles. The van der Waals surface area contributed by atoms with Gasteiger partial charge in [-0.25, -0.2) is 4.79 Å². The van der Waals surface area contributed by atoms with Crippen LogP contribution in [0.4, 0.5) is 4.79 Å². The minimum atomic E-state index is -0.516. The molecule has 0 bridgehead atoms. The summed E-state index contributed by atoms with van der Waals surface area (Å²) in [4.78, 5) is 18.3. The second-order valence-corrected chi connectivity index (χ2v) is 6.78. The van der Waals surface area contributed by atoms with Gasteiger partial charge in [0.05, 0.1) is 11.1 Å². The minimum Gasteiger partial charge on any atom is -0.444 e. The molecule has 1 aliphatic rings. The van der Waals surface area contributed by atoms with Gasteiger partial charge in [-0.3, -0.25) is 4.99 Å². The molecule has 0 aromatic carbocycles. The van der Waals surface area contributed by atoms with Crippen LogP contribution in [0, 0.1) is 0 Å². The van der Waals surface area contributed by atoms with E-state index in [9.17, 15) is 10.0 Å². The Morgan fingerprint density at radius 3 is 2.86 bits per heavy atom. The summed E-state index contributed by atoms with van der Waals surface area (Å²) >= 11 is 6.05. The van der Waals surface area contributed by atoms with Gasteiger partial charge in [0.25, 0.3) is 0 Å². The van der Waals surface area contributed by atoms with Crippen molar-refractivity contribution in [2.75, 3.05) is 13.1 Å². The Labute approximate surface area is 134 Å². The van der Waals surface area contributed by atoms with Crippen molar-refractivity contribution in [3.63, 3.8) is 0 Å². The van der Waals surface area contributed by atoms with Crippen molar-refractivity contribution in [1.29, 1.82) is 0 Å². The standard InChI is InChI=1S/C15H22ClN3O3/c1-15(2,3)22-14(20)18-8-4-6-11(10-18)17-13-12(16)7-5-9-19(13)21/h5,7,9,11,21H,4,6,8,10H2,1-3H3/t11-/m1/s1. The lowest BCUT2D eigenvalue weighted by Crippen LogP contribution is -2.44. The van der Waals surface area contributed by atoms with Crippen LogP contribution in [0.5, 0.6) is 0 Å². The highest BCUT2D eigenvalue weighted by Crippen LogP contribution is 2.17. The van der Waals surface area contributed by atoms with Crippen LogP contribution in [0.3, 0.4) is 0 Å². The number of carbonyl (C=O) groups excluding carboxylic acids is 1. The molecule has 1 aromatic rings. The number of nitrogens with zero attached hydrogens (tertiary/aromatic N) is 3. The SMILES string of the molecule is CC(C)(C)OC(=O)N1CCC[C@@H](N=c2c(Cl)cccn2O)C1. The Kier molecular flexibility index (Phi) is 5.01. The normalized spacial score (nSPS) is 20.1. The van der Waals surface area contributed by atoms with Crippen LogP contribution in [0.15, 0.2) is 23.3 Å². The Morgan fingerprint density at radius 2 is 2.23 bits per heavy atom. The number of amides is 1. The van der Waals surface area contributed by atoms with Crippen molar-refractivity contribution in [3.05, 3.63) is 28.8 Å². The van der Waals surface area contributed by atoms with Gasteiger partial charge in [-0.15, -0.1) is 0 Å². The summed E-state index contributed by atoms with van der Waals surface area (Å²) in [6.07, 6.45) is 2.82. The van der Waals surface area contributed by atoms with Crippen molar-refractivity contribution >= 4 is 17.7 Å². The van der Waals surface area contributed by atoms with E-state index in [0.29, 0.717) is 23.6 Å². The molecular weight excluding hydrogens is 306 g/mol. The predicted molar refractivity (Wildman–Crippen MR) is 83.0 cm³/mol. The number of aromatic nitrogens is 1. The smallest absolute Gasteiger partial charge is 0.410 e. The van der Waals surface area contributed by atoms with E-state index < -0.39 is 5.60 Å². The number of rotatable bonds is 1. The van der Waals surface area contributed by atoms with Crippen LogP contribution in [0.2, 0.25) is 5.02 Å². The maximum atomic E-state index is 12.1. The zero-order chi connectivity index (χ0) is 16.3. The Bertz CT molecular complexity index is 584. The molecule has 1 amide bonds. The van der Waals surface area contributed by atoms with Gasteiger partial charge in [0, 0.05) is 19.3 Å². The van der Waals surface area contributed by atoms with E-state index in [1.807, 2.05) is 20.8 Å². The van der Waals surface area contributed by atoms with Crippen LogP contribution < -0.4 is 5.49 Å². The minimum absolute atomic E-state index is 0.112. The number of carbonyl (C=O) groups is 1. The summed E-state index contributed by atoms with van der Waals surface area (Å²) in [5, 5.41) is 10.2. The lowest BCUT2D eigenvalue weighted by Gasteiger charge is -2.32. The zero-order valence-electron chi connectivity index (χ0n) is 13.1. The summed E-state index contributed by atoms with van der Waals surface area (Å²) in [7, 11) is 0. The number of likely N-dealkylation sites (tertiary alicyclic amines) is 1. The van der Waals surface area contributed by atoms with Gasteiger partial charge in [0.15, 0.2) is 5.49 Å². The maximum Gasteiger partial charge on any atom is 0.410 e. The molecule has 1 aliphatic heterocycles. The molecule has 2 rings (SSSR count). The lowest BCUT2D eigenvalue weighted by atomic mass is 10.1. The molecule has 0 unspecified atom stereocenters. The van der Waals surface area contributed by atoms with Crippen LogP contribution in [-0.4, -0.2) is 45.7 Å². The molecule has 1 N–H and O–H groups in total. The lowest BCUT2D eigenvalue weighted by molar-refractivity contribution is 0.0199. The number of halogens is 1. The third-order valence-corrected chi connectivity index (χ3v) is 3.55. The molecule has 2 heterocycles. The Morgan fingerprint density at radius 1 is 1.50 bits per heavy atom. The van der Waals surface area contributed by atoms with Gasteiger partial charge in [-0.05, 0) is 45.7 Å². The third kappa shape index (κ3) is 4.40. The van der Waals surface area contributed by atoms with E-state index in [0.717, 1.165) is 17.6 Å². The fraction of sp³-hybridized carbons (Fsp3) is 0.600. The second-order valence-electron chi connectivity index (χ2n) is 6.38. The first-order valence-electron chi connectivity index (χ1n) is 7.34. The van der Waals surface area contributed by atoms with E-state index in [2.05, 4.69) is 4.99 Å². The highest BCUT2D eigenvalue weighted by molar-refractivity contribution is 6.30. The van der Waals surface area contributed by atoms with Crippen molar-refractivity contribution in [3.8, 4) is 0 Å². The average molecular weight is 328 g/mol. The van der Waals surface area contributed by atoms with E-state index >= 15 is 0 Å². The molecule has 1 saturated heterocycles. The topological polar surface area (TPSA) is 67.1 Å². The van der Waals surface area contributed by atoms with E-state index in [1.165, 1.54) is 6.20 Å². The molecule has 1 atom stereocenters. The van der Waals surface area contributed by atoms with Gasteiger partial charge in [-0.2, -0.15) is 4.73 Å². The highest BCUT2D eigenvalue weighted by atomic mass is 35.5. The molecule has 0 radical (unpaired) electrons. The molecule has 6 nitrogen and oxygen atoms in total. The zero-order valence-corrected chi connectivity index (χ0v) is 13.9. The number of pyridine rings is 1. The van der Waals surface area contributed by atoms with Crippen molar-refractivity contribution in [1.82, 2.24) is 9.63 Å². The van der Waals surface area contributed by atoms with Crippen molar-refractivity contribution in [2.24, 2.45) is 4.99 Å². The molecule has 22 heavy (non-hydrogen) atoms. The highest BCUT2D eigenvalue weighted by Gasteiger charge is 2.27. The summed E-state index contributed by atoms with van der Waals surface area (Å²) in [6.45, 7) is 6.64. The first-order chi connectivity index (χ1) is 10.3. The predicted octanol–water partition coefficient (Wildman–Crippen LogP) is 2.68. The van der Waals surface area contributed by atoms with Gasteiger partial charge in [-0.1, -0.05) is 11.6 Å². The quantitative estimate of drug-likeness (QED) is 0.806. The van der Waals surface area contributed by atoms with Crippen LogP contribution in [-0.2, 0) is 4.74 Å². The summed E-state index contributed by atoms with van der Waals surface area (Å²) in [5.41, 5.74) is -0.210. The Hall–Kier alpha value is -1.69. The second kappa shape index (κ2) is 6.60. The van der Waals surface area contributed by atoms with Crippen molar-refractivity contribution in [2.45, 2.75) is 45.3 Å². The van der Waals surface area contributed by atoms with Gasteiger partial charge in [0.2, 0.25) is 0 Å². The summed E-state index contributed by atoms with van der Waals surface area (Å²) < 4.78 is 6.29. The van der Waals surface area contributed by atoms with E-state index in [4.69, 9.17) is 16.3 Å². The molecule has 0 aliphatic carbocycles. The van der Waals surface area contributed by atoms with Crippen LogP contribution >= 0.6 is 11.6 Å². The molecule has 7 heteroatoms. The largest absolute Gasteiger partial charge is 0.444 e. The van der Waals surface area contributed by atoms with Gasteiger partial charge < -0.3 is 14.8 Å². The first-order valence-corrected chi connectivity index (χ1v) is 7.72. The monoisotopic (exact) mass is 327 g/mol. The summed E-state index contributed by atoms with van der Waals surface area (Å²) in [6, 6.07) is 3.19. The average Bonchev–Trinajstić information content (AvgIpc) is 2.41.